The maximum Gasteiger partial charge on any atom is 0.255 e. The molecule has 1 unspecified atom stereocenters. The first-order chi connectivity index (χ1) is 11.2. The van der Waals surface area contributed by atoms with Gasteiger partial charge in [-0.2, -0.15) is 4.98 Å². The molecule has 23 heavy (non-hydrogen) atoms. The Balaban J connectivity index is 1.64. The summed E-state index contributed by atoms with van der Waals surface area (Å²) in [6.45, 7) is 1.51. The van der Waals surface area contributed by atoms with Crippen LogP contribution in [0.2, 0.25) is 0 Å². The quantitative estimate of drug-likeness (QED) is 0.819. The third-order valence-electron chi connectivity index (χ3n) is 3.78. The van der Waals surface area contributed by atoms with Crippen LogP contribution < -0.4 is 4.74 Å². The van der Waals surface area contributed by atoms with Crippen LogP contribution in [-0.4, -0.2) is 53.2 Å². The summed E-state index contributed by atoms with van der Waals surface area (Å²) in [5, 5.41) is 3.97. The van der Waals surface area contributed by atoms with Crippen LogP contribution in [0, 0.1) is 0 Å². The Hall–Kier alpha value is -2.48. The molecule has 1 aliphatic heterocycles. The first kappa shape index (κ1) is 15.4. The molecule has 8 nitrogen and oxygen atoms in total. The standard InChI is InChI=1S/C15H18N4O4/c1-21-9-13-17-14(18-23-13)11-5-6-19(8-11)15(20)10-3-4-12(22-2)16-7-10/h3-4,7,11H,5-6,8-9H2,1-2H3. The number of carbonyl (C=O) groups excluding carboxylic acids is 1. The summed E-state index contributed by atoms with van der Waals surface area (Å²) in [5.41, 5.74) is 0.541. The smallest absolute Gasteiger partial charge is 0.255 e. The summed E-state index contributed by atoms with van der Waals surface area (Å²) in [5.74, 6) is 1.59. The molecule has 0 spiro atoms. The van der Waals surface area contributed by atoms with E-state index >= 15 is 0 Å². The Bertz CT molecular complexity index is 670. The highest BCUT2D eigenvalue weighted by Crippen LogP contribution is 2.26. The van der Waals surface area contributed by atoms with Crippen molar-refractivity contribution in [3.63, 3.8) is 0 Å². The first-order valence-corrected chi connectivity index (χ1v) is 7.32. The van der Waals surface area contributed by atoms with Crippen LogP contribution in [0.3, 0.4) is 0 Å². The minimum absolute atomic E-state index is 0.0525. The molecule has 2 aromatic rings. The summed E-state index contributed by atoms with van der Waals surface area (Å²) in [6.07, 6.45) is 2.33. The van der Waals surface area contributed by atoms with Gasteiger partial charge < -0.3 is 18.9 Å². The Morgan fingerprint density at radius 3 is 3.00 bits per heavy atom. The number of rotatable bonds is 5. The van der Waals surface area contributed by atoms with Crippen molar-refractivity contribution in [1.82, 2.24) is 20.0 Å². The molecule has 0 aromatic carbocycles. The highest BCUT2D eigenvalue weighted by Gasteiger charge is 2.31. The van der Waals surface area contributed by atoms with Crippen molar-refractivity contribution >= 4 is 5.91 Å². The molecule has 1 atom stereocenters. The molecule has 1 fully saturated rings. The van der Waals surface area contributed by atoms with Gasteiger partial charge in [0.05, 0.1) is 12.7 Å². The summed E-state index contributed by atoms with van der Waals surface area (Å²) in [4.78, 5) is 22.6. The van der Waals surface area contributed by atoms with Crippen molar-refractivity contribution in [3.05, 3.63) is 35.6 Å². The highest BCUT2D eigenvalue weighted by molar-refractivity contribution is 5.94. The van der Waals surface area contributed by atoms with E-state index in [1.807, 2.05) is 0 Å². The van der Waals surface area contributed by atoms with E-state index in [1.165, 1.54) is 13.3 Å². The number of methoxy groups -OCH3 is 2. The molecular weight excluding hydrogens is 300 g/mol. The lowest BCUT2D eigenvalue weighted by atomic mass is 10.1. The third-order valence-corrected chi connectivity index (χ3v) is 3.78. The van der Waals surface area contributed by atoms with E-state index in [9.17, 15) is 4.79 Å². The van der Waals surface area contributed by atoms with Gasteiger partial charge in [-0.1, -0.05) is 5.16 Å². The van der Waals surface area contributed by atoms with E-state index in [2.05, 4.69) is 15.1 Å². The zero-order valence-electron chi connectivity index (χ0n) is 13.1. The molecule has 3 rings (SSSR count). The number of aromatic nitrogens is 3. The van der Waals surface area contributed by atoms with Crippen LogP contribution in [-0.2, 0) is 11.3 Å². The molecular formula is C15H18N4O4. The predicted molar refractivity (Wildman–Crippen MR) is 79.1 cm³/mol. The van der Waals surface area contributed by atoms with Crippen molar-refractivity contribution in [1.29, 1.82) is 0 Å². The predicted octanol–water partition coefficient (Wildman–Crippen LogP) is 1.25. The first-order valence-electron chi connectivity index (χ1n) is 7.32. The molecule has 0 N–H and O–H groups in total. The molecule has 1 aliphatic rings. The fraction of sp³-hybridized carbons (Fsp3) is 0.467. The van der Waals surface area contributed by atoms with Gasteiger partial charge in [0.1, 0.15) is 6.61 Å². The maximum absolute atomic E-state index is 12.5. The topological polar surface area (TPSA) is 90.6 Å². The lowest BCUT2D eigenvalue weighted by molar-refractivity contribution is 0.0790. The third kappa shape index (κ3) is 3.31. The van der Waals surface area contributed by atoms with Gasteiger partial charge in [0.15, 0.2) is 5.82 Å². The summed E-state index contributed by atoms with van der Waals surface area (Å²) < 4.78 is 15.1. The SMILES string of the molecule is COCc1nc(C2CCN(C(=O)c3ccc(OC)nc3)C2)no1. The highest BCUT2D eigenvalue weighted by atomic mass is 16.5. The van der Waals surface area contributed by atoms with Crippen LogP contribution in [0.15, 0.2) is 22.9 Å². The molecule has 0 aliphatic carbocycles. The lowest BCUT2D eigenvalue weighted by Crippen LogP contribution is -2.28. The lowest BCUT2D eigenvalue weighted by Gasteiger charge is -2.15. The molecule has 122 valence electrons. The molecule has 0 radical (unpaired) electrons. The monoisotopic (exact) mass is 318 g/mol. The molecule has 0 bridgehead atoms. The van der Waals surface area contributed by atoms with Gasteiger partial charge in [-0.3, -0.25) is 4.79 Å². The largest absolute Gasteiger partial charge is 0.481 e. The number of amides is 1. The Morgan fingerprint density at radius 2 is 2.30 bits per heavy atom. The van der Waals surface area contributed by atoms with Gasteiger partial charge in [0.25, 0.3) is 11.8 Å². The number of ether oxygens (including phenoxy) is 2. The van der Waals surface area contributed by atoms with Crippen LogP contribution in [0.5, 0.6) is 5.88 Å². The fourth-order valence-corrected chi connectivity index (χ4v) is 2.58. The van der Waals surface area contributed by atoms with Gasteiger partial charge in [-0.25, -0.2) is 4.98 Å². The van der Waals surface area contributed by atoms with E-state index < -0.39 is 0 Å². The summed E-state index contributed by atoms with van der Waals surface area (Å²) >= 11 is 0. The average Bonchev–Trinajstić information content (AvgIpc) is 3.24. The van der Waals surface area contributed by atoms with Crippen molar-refractivity contribution in [2.45, 2.75) is 18.9 Å². The molecule has 0 saturated carbocycles. The number of hydrogen-bond acceptors (Lipinski definition) is 7. The summed E-state index contributed by atoms with van der Waals surface area (Å²) in [6, 6.07) is 3.39. The van der Waals surface area contributed by atoms with E-state index in [1.54, 1.807) is 24.1 Å². The molecule has 2 aromatic heterocycles. The van der Waals surface area contributed by atoms with Crippen molar-refractivity contribution in [3.8, 4) is 5.88 Å². The summed E-state index contributed by atoms with van der Waals surface area (Å²) in [7, 11) is 3.11. The molecule has 3 heterocycles. The van der Waals surface area contributed by atoms with Crippen molar-refractivity contribution in [2.24, 2.45) is 0 Å². The van der Waals surface area contributed by atoms with Crippen LogP contribution in [0.1, 0.15) is 34.4 Å². The van der Waals surface area contributed by atoms with Crippen molar-refractivity contribution in [2.75, 3.05) is 27.3 Å². The zero-order valence-corrected chi connectivity index (χ0v) is 13.1. The second-order valence-corrected chi connectivity index (χ2v) is 5.31. The van der Waals surface area contributed by atoms with E-state index in [4.69, 9.17) is 14.0 Å². The van der Waals surface area contributed by atoms with Crippen LogP contribution >= 0.6 is 0 Å². The normalized spacial score (nSPS) is 17.5. The number of pyridine rings is 1. The van der Waals surface area contributed by atoms with Crippen LogP contribution in [0.25, 0.3) is 0 Å². The Kier molecular flexibility index (Phi) is 4.52. The van der Waals surface area contributed by atoms with Gasteiger partial charge >= 0.3 is 0 Å². The minimum Gasteiger partial charge on any atom is -0.481 e. The van der Waals surface area contributed by atoms with Crippen LogP contribution in [0.4, 0.5) is 0 Å². The number of likely N-dealkylation sites (tertiary alicyclic amines) is 1. The number of carbonyl (C=O) groups is 1. The Morgan fingerprint density at radius 1 is 1.43 bits per heavy atom. The van der Waals surface area contributed by atoms with Crippen molar-refractivity contribution < 1.29 is 18.8 Å². The van der Waals surface area contributed by atoms with E-state index in [0.29, 0.717) is 42.9 Å². The molecule has 1 amide bonds. The molecule has 8 heteroatoms. The fourth-order valence-electron chi connectivity index (χ4n) is 2.58. The average molecular weight is 318 g/mol. The van der Waals surface area contributed by atoms with Gasteiger partial charge in [-0.05, 0) is 12.5 Å². The van der Waals surface area contributed by atoms with E-state index in [0.717, 1.165) is 6.42 Å². The second-order valence-electron chi connectivity index (χ2n) is 5.31. The molecule has 1 saturated heterocycles. The maximum atomic E-state index is 12.5. The Labute approximate surface area is 133 Å². The number of nitrogens with zero attached hydrogens (tertiary/aromatic N) is 4. The second kappa shape index (κ2) is 6.74. The number of hydrogen-bond donors (Lipinski definition) is 0. The minimum atomic E-state index is -0.0525. The van der Waals surface area contributed by atoms with Gasteiger partial charge in [0.2, 0.25) is 5.88 Å². The van der Waals surface area contributed by atoms with E-state index in [-0.39, 0.29) is 11.8 Å². The van der Waals surface area contributed by atoms with Gasteiger partial charge in [-0.15, -0.1) is 0 Å². The van der Waals surface area contributed by atoms with Gasteiger partial charge in [0, 0.05) is 38.4 Å². The zero-order chi connectivity index (χ0) is 16.2.